The lowest BCUT2D eigenvalue weighted by molar-refractivity contribution is -0.134. The van der Waals surface area contributed by atoms with Gasteiger partial charge in [0.05, 0.1) is 12.1 Å². The van der Waals surface area contributed by atoms with E-state index in [0.717, 1.165) is 18.7 Å². The Hall–Kier alpha value is -3.02. The van der Waals surface area contributed by atoms with Gasteiger partial charge in [0, 0.05) is 38.6 Å². The van der Waals surface area contributed by atoms with Crippen molar-refractivity contribution in [1.29, 1.82) is 0 Å². The Morgan fingerprint density at radius 2 is 1.47 bits per heavy atom. The van der Waals surface area contributed by atoms with E-state index in [-0.39, 0.29) is 11.9 Å². The summed E-state index contributed by atoms with van der Waals surface area (Å²) >= 11 is 0. The lowest BCUT2D eigenvalue weighted by Crippen LogP contribution is -2.54. The van der Waals surface area contributed by atoms with Gasteiger partial charge >= 0.3 is 0 Å². The lowest BCUT2D eigenvalue weighted by Gasteiger charge is -2.40. The molecule has 3 aromatic rings. The SMILES string of the molecule is N[C@@H](Cc1cccnc1)C(=O)N1CCN(C(c2ccccc2)c2ccccc2)CC1. The van der Waals surface area contributed by atoms with E-state index in [0.29, 0.717) is 19.5 Å². The van der Waals surface area contributed by atoms with E-state index in [1.54, 1.807) is 12.4 Å². The van der Waals surface area contributed by atoms with Crippen LogP contribution in [0.5, 0.6) is 0 Å². The molecule has 1 aliphatic rings. The second-order valence-corrected chi connectivity index (χ2v) is 7.76. The van der Waals surface area contributed by atoms with E-state index in [9.17, 15) is 4.79 Å². The zero-order valence-corrected chi connectivity index (χ0v) is 17.1. The fourth-order valence-electron chi connectivity index (χ4n) is 4.18. The molecule has 1 atom stereocenters. The highest BCUT2D eigenvalue weighted by Crippen LogP contribution is 2.29. The van der Waals surface area contributed by atoms with E-state index in [1.807, 2.05) is 29.2 Å². The Balaban J connectivity index is 1.42. The molecule has 0 radical (unpaired) electrons. The normalized spacial score (nSPS) is 15.9. The van der Waals surface area contributed by atoms with Crippen LogP contribution in [0.3, 0.4) is 0 Å². The van der Waals surface area contributed by atoms with E-state index in [1.165, 1.54) is 11.1 Å². The number of amides is 1. The van der Waals surface area contributed by atoms with Crippen molar-refractivity contribution in [2.45, 2.75) is 18.5 Å². The van der Waals surface area contributed by atoms with Crippen molar-refractivity contribution in [3.05, 3.63) is 102 Å². The molecule has 0 spiro atoms. The highest BCUT2D eigenvalue weighted by atomic mass is 16.2. The van der Waals surface area contributed by atoms with Gasteiger partial charge in [-0.1, -0.05) is 66.7 Å². The molecule has 2 N–H and O–H groups in total. The van der Waals surface area contributed by atoms with Crippen molar-refractivity contribution < 1.29 is 4.79 Å². The van der Waals surface area contributed by atoms with Crippen molar-refractivity contribution in [3.8, 4) is 0 Å². The summed E-state index contributed by atoms with van der Waals surface area (Å²) in [7, 11) is 0. The average Bonchev–Trinajstić information content (AvgIpc) is 2.81. The van der Waals surface area contributed by atoms with Crippen LogP contribution in [0.2, 0.25) is 0 Å². The summed E-state index contributed by atoms with van der Waals surface area (Å²) in [6, 6.07) is 24.7. The average molecular weight is 401 g/mol. The number of hydrogen-bond acceptors (Lipinski definition) is 4. The molecule has 2 heterocycles. The van der Waals surface area contributed by atoms with Crippen LogP contribution in [0, 0.1) is 0 Å². The van der Waals surface area contributed by atoms with Gasteiger partial charge < -0.3 is 10.6 Å². The topological polar surface area (TPSA) is 62.5 Å². The number of benzene rings is 2. The number of hydrogen-bond donors (Lipinski definition) is 1. The third-order valence-electron chi connectivity index (χ3n) is 5.72. The smallest absolute Gasteiger partial charge is 0.239 e. The molecule has 0 bridgehead atoms. The van der Waals surface area contributed by atoms with Crippen molar-refractivity contribution in [2.75, 3.05) is 26.2 Å². The summed E-state index contributed by atoms with van der Waals surface area (Å²) in [5, 5.41) is 0. The van der Waals surface area contributed by atoms with E-state index >= 15 is 0 Å². The summed E-state index contributed by atoms with van der Waals surface area (Å²) in [6.07, 6.45) is 4.02. The second-order valence-electron chi connectivity index (χ2n) is 7.76. The standard InChI is InChI=1S/C25H28N4O/c26-23(18-20-8-7-13-27-19-20)25(30)29-16-14-28(15-17-29)24(21-9-3-1-4-10-21)22-11-5-2-6-12-22/h1-13,19,23-24H,14-18,26H2/t23-/m0/s1. The number of rotatable bonds is 6. The molecule has 5 heteroatoms. The van der Waals surface area contributed by atoms with Crippen LogP contribution in [0.15, 0.2) is 85.2 Å². The molecule has 1 fully saturated rings. The Bertz CT molecular complexity index is 886. The maximum atomic E-state index is 12.9. The van der Waals surface area contributed by atoms with Gasteiger partial charge in [0.15, 0.2) is 0 Å². The summed E-state index contributed by atoms with van der Waals surface area (Å²) in [6.45, 7) is 3.02. The van der Waals surface area contributed by atoms with Crippen molar-refractivity contribution in [3.63, 3.8) is 0 Å². The third-order valence-corrected chi connectivity index (χ3v) is 5.72. The van der Waals surface area contributed by atoms with Crippen LogP contribution >= 0.6 is 0 Å². The molecule has 0 saturated carbocycles. The highest BCUT2D eigenvalue weighted by molar-refractivity contribution is 5.82. The number of pyridine rings is 1. The summed E-state index contributed by atoms with van der Waals surface area (Å²) in [5.41, 5.74) is 9.76. The minimum Gasteiger partial charge on any atom is -0.339 e. The first-order chi connectivity index (χ1) is 14.7. The summed E-state index contributed by atoms with van der Waals surface area (Å²) in [5.74, 6) is 0.0227. The largest absolute Gasteiger partial charge is 0.339 e. The minimum absolute atomic E-state index is 0.0227. The lowest BCUT2D eigenvalue weighted by atomic mass is 9.96. The monoisotopic (exact) mass is 400 g/mol. The first-order valence-electron chi connectivity index (χ1n) is 10.5. The molecule has 4 rings (SSSR count). The second kappa shape index (κ2) is 9.65. The number of carbonyl (C=O) groups excluding carboxylic acids is 1. The van der Waals surface area contributed by atoms with Gasteiger partial charge in [0.1, 0.15) is 0 Å². The van der Waals surface area contributed by atoms with Crippen LogP contribution < -0.4 is 5.73 Å². The van der Waals surface area contributed by atoms with Gasteiger partial charge in [-0.25, -0.2) is 0 Å². The van der Waals surface area contributed by atoms with Crippen LogP contribution in [-0.2, 0) is 11.2 Å². The summed E-state index contributed by atoms with van der Waals surface area (Å²) in [4.78, 5) is 21.4. The zero-order valence-electron chi connectivity index (χ0n) is 17.1. The first kappa shape index (κ1) is 20.3. The maximum Gasteiger partial charge on any atom is 0.239 e. The molecule has 154 valence electrons. The van der Waals surface area contributed by atoms with E-state index < -0.39 is 6.04 Å². The molecule has 1 aromatic heterocycles. The maximum absolute atomic E-state index is 12.9. The van der Waals surface area contributed by atoms with Gasteiger partial charge in [-0.05, 0) is 29.2 Å². The molecule has 5 nitrogen and oxygen atoms in total. The predicted molar refractivity (Wildman–Crippen MR) is 119 cm³/mol. The fraction of sp³-hybridized carbons (Fsp3) is 0.280. The number of piperazine rings is 1. The molecule has 1 saturated heterocycles. The molecular formula is C25H28N4O. The van der Waals surface area contributed by atoms with Gasteiger partial charge in [-0.2, -0.15) is 0 Å². The number of carbonyl (C=O) groups is 1. The van der Waals surface area contributed by atoms with Gasteiger partial charge in [0.25, 0.3) is 0 Å². The quantitative estimate of drug-likeness (QED) is 0.691. The van der Waals surface area contributed by atoms with Gasteiger partial charge in [-0.15, -0.1) is 0 Å². The number of nitrogens with two attached hydrogens (primary N) is 1. The van der Waals surface area contributed by atoms with Crippen molar-refractivity contribution >= 4 is 5.91 Å². The zero-order chi connectivity index (χ0) is 20.8. The van der Waals surface area contributed by atoms with Crippen molar-refractivity contribution in [1.82, 2.24) is 14.8 Å². The van der Waals surface area contributed by atoms with Gasteiger partial charge in [0.2, 0.25) is 5.91 Å². The van der Waals surface area contributed by atoms with Crippen LogP contribution in [0.4, 0.5) is 0 Å². The highest BCUT2D eigenvalue weighted by Gasteiger charge is 2.29. The molecule has 0 aliphatic carbocycles. The molecule has 1 aliphatic heterocycles. The molecule has 1 amide bonds. The van der Waals surface area contributed by atoms with Crippen LogP contribution in [-0.4, -0.2) is 52.9 Å². The Morgan fingerprint density at radius 1 is 0.867 bits per heavy atom. The molecule has 2 aromatic carbocycles. The Kier molecular flexibility index (Phi) is 6.52. The fourth-order valence-corrected chi connectivity index (χ4v) is 4.18. The van der Waals surface area contributed by atoms with Gasteiger partial charge in [-0.3, -0.25) is 14.7 Å². The number of aromatic nitrogens is 1. The summed E-state index contributed by atoms with van der Waals surface area (Å²) < 4.78 is 0. The molecular weight excluding hydrogens is 372 g/mol. The first-order valence-corrected chi connectivity index (χ1v) is 10.5. The van der Waals surface area contributed by atoms with Crippen LogP contribution in [0.1, 0.15) is 22.7 Å². The van der Waals surface area contributed by atoms with Crippen LogP contribution in [0.25, 0.3) is 0 Å². The van der Waals surface area contributed by atoms with Crippen molar-refractivity contribution in [2.24, 2.45) is 5.73 Å². The molecule has 30 heavy (non-hydrogen) atoms. The van der Waals surface area contributed by atoms with E-state index in [4.69, 9.17) is 5.73 Å². The molecule has 0 unspecified atom stereocenters. The third kappa shape index (κ3) is 4.75. The minimum atomic E-state index is -0.528. The van der Waals surface area contributed by atoms with E-state index in [2.05, 4.69) is 58.4 Å². The predicted octanol–water partition coefficient (Wildman–Crippen LogP) is 2.89. The number of nitrogens with zero attached hydrogens (tertiary/aromatic N) is 3. The Labute approximate surface area is 178 Å². The Morgan fingerprint density at radius 3 is 2.00 bits per heavy atom.